The van der Waals surface area contributed by atoms with Crippen LogP contribution in [0.2, 0.25) is 0 Å². The van der Waals surface area contributed by atoms with Crippen molar-refractivity contribution in [3.63, 3.8) is 0 Å². The molecular weight excluding hydrogens is 384 g/mol. The Hall–Kier alpha value is -3.35. The average Bonchev–Trinajstić information content (AvgIpc) is 3.13. The summed E-state index contributed by atoms with van der Waals surface area (Å²) in [5.41, 5.74) is 10.9. The second kappa shape index (κ2) is 10.4. The predicted octanol–water partition coefficient (Wildman–Crippen LogP) is 3.50. The summed E-state index contributed by atoms with van der Waals surface area (Å²) in [6.07, 6.45) is 0.339. The Morgan fingerprint density at radius 2 is 1.80 bits per heavy atom. The van der Waals surface area contributed by atoms with E-state index >= 15 is 0 Å². The number of amides is 2. The first-order chi connectivity index (χ1) is 14.6. The molecule has 8 heteroatoms. The number of aliphatic hydroxyl groups excluding tert-OH is 1. The van der Waals surface area contributed by atoms with Gasteiger partial charge in [-0.15, -0.1) is 0 Å². The minimum Gasteiger partial charge on any atom is -0.447 e. The third-order valence-electron chi connectivity index (χ3n) is 5.17. The number of aliphatic hydroxyl groups is 1. The minimum atomic E-state index is -0.867. The van der Waals surface area contributed by atoms with Gasteiger partial charge < -0.3 is 9.84 Å². The number of carbonyl (C=O) groups excluding carboxylic acids is 2. The molecule has 8 nitrogen and oxygen atoms in total. The second-order valence-corrected chi connectivity index (χ2v) is 7.29. The molecular formula is C22H24N4O4. The van der Waals surface area contributed by atoms with Gasteiger partial charge in [-0.3, -0.25) is 4.79 Å². The zero-order valence-corrected chi connectivity index (χ0v) is 16.5. The molecule has 156 valence electrons. The Morgan fingerprint density at radius 3 is 2.40 bits per heavy atom. The molecule has 3 atom stereocenters. The lowest BCUT2D eigenvalue weighted by atomic mass is 9.94. The maximum atomic E-state index is 13.1. The van der Waals surface area contributed by atoms with Gasteiger partial charge in [0.15, 0.2) is 0 Å². The fourth-order valence-electron chi connectivity index (χ4n) is 3.68. The quantitative estimate of drug-likeness (QED) is 0.388. The SMILES string of the molecule is [N-]=[N+]=N[C@@H](Cc1ccccc1)C[C@@H](CO)C(=O)N1C(=O)OC[C@@H]1Cc1ccccc1. The lowest BCUT2D eigenvalue weighted by Gasteiger charge is -2.25. The lowest BCUT2D eigenvalue weighted by molar-refractivity contribution is -0.135. The van der Waals surface area contributed by atoms with Crippen LogP contribution in [0, 0.1) is 5.92 Å². The van der Waals surface area contributed by atoms with E-state index in [1.165, 1.54) is 0 Å². The predicted molar refractivity (Wildman–Crippen MR) is 110 cm³/mol. The van der Waals surface area contributed by atoms with Gasteiger partial charge in [0.05, 0.1) is 18.6 Å². The van der Waals surface area contributed by atoms with E-state index in [1.807, 2.05) is 60.7 Å². The van der Waals surface area contributed by atoms with Gasteiger partial charge >= 0.3 is 6.09 Å². The van der Waals surface area contributed by atoms with E-state index in [9.17, 15) is 14.7 Å². The number of azide groups is 1. The van der Waals surface area contributed by atoms with Crippen molar-refractivity contribution in [3.8, 4) is 0 Å². The molecule has 1 aliphatic heterocycles. The van der Waals surface area contributed by atoms with E-state index in [-0.39, 0.29) is 13.0 Å². The van der Waals surface area contributed by atoms with E-state index in [1.54, 1.807) is 0 Å². The van der Waals surface area contributed by atoms with Crippen LogP contribution in [0.4, 0.5) is 4.79 Å². The van der Waals surface area contributed by atoms with E-state index in [4.69, 9.17) is 10.3 Å². The lowest BCUT2D eigenvalue weighted by Crippen LogP contribution is -2.45. The number of imide groups is 1. The van der Waals surface area contributed by atoms with Crippen LogP contribution in [0.1, 0.15) is 17.5 Å². The van der Waals surface area contributed by atoms with Crippen molar-refractivity contribution in [2.75, 3.05) is 13.2 Å². The van der Waals surface area contributed by atoms with Gasteiger partial charge in [-0.25, -0.2) is 9.69 Å². The first-order valence-corrected chi connectivity index (χ1v) is 9.85. The monoisotopic (exact) mass is 408 g/mol. The Morgan fingerprint density at radius 1 is 1.17 bits per heavy atom. The molecule has 0 aliphatic carbocycles. The molecule has 1 aliphatic rings. The van der Waals surface area contributed by atoms with Crippen LogP contribution in [0.25, 0.3) is 10.4 Å². The van der Waals surface area contributed by atoms with Crippen LogP contribution in [0.5, 0.6) is 0 Å². The highest BCUT2D eigenvalue weighted by Gasteiger charge is 2.41. The molecule has 0 unspecified atom stereocenters. The van der Waals surface area contributed by atoms with Gasteiger partial charge in [-0.05, 0) is 35.9 Å². The number of ether oxygens (including phenoxy) is 1. The molecule has 0 aromatic heterocycles. The normalized spacial score (nSPS) is 17.7. The van der Waals surface area contributed by atoms with Gasteiger partial charge in [-0.2, -0.15) is 0 Å². The fourth-order valence-corrected chi connectivity index (χ4v) is 3.68. The number of rotatable bonds is 9. The summed E-state index contributed by atoms with van der Waals surface area (Å²) in [5.74, 6) is -1.37. The first kappa shape index (κ1) is 21.4. The fraction of sp³-hybridized carbons (Fsp3) is 0.364. The number of nitrogens with zero attached hydrogens (tertiary/aromatic N) is 4. The summed E-state index contributed by atoms with van der Waals surface area (Å²) in [7, 11) is 0. The average molecular weight is 408 g/mol. The van der Waals surface area contributed by atoms with Crippen LogP contribution < -0.4 is 0 Å². The molecule has 3 rings (SSSR count). The molecule has 0 spiro atoms. The third-order valence-corrected chi connectivity index (χ3v) is 5.17. The van der Waals surface area contributed by atoms with E-state index in [0.29, 0.717) is 12.8 Å². The van der Waals surface area contributed by atoms with Crippen LogP contribution in [0.3, 0.4) is 0 Å². The summed E-state index contributed by atoms with van der Waals surface area (Å²) < 4.78 is 5.12. The topological polar surface area (TPSA) is 116 Å². The van der Waals surface area contributed by atoms with Crippen molar-refractivity contribution in [2.24, 2.45) is 11.0 Å². The largest absolute Gasteiger partial charge is 0.447 e. The Balaban J connectivity index is 1.72. The van der Waals surface area contributed by atoms with Gasteiger partial charge in [0.2, 0.25) is 5.91 Å². The number of hydrogen-bond donors (Lipinski definition) is 1. The molecule has 0 saturated carbocycles. The van der Waals surface area contributed by atoms with E-state index in [0.717, 1.165) is 16.0 Å². The maximum absolute atomic E-state index is 13.1. The highest BCUT2D eigenvalue weighted by atomic mass is 16.6. The zero-order valence-electron chi connectivity index (χ0n) is 16.5. The molecule has 30 heavy (non-hydrogen) atoms. The van der Waals surface area contributed by atoms with Crippen LogP contribution in [-0.2, 0) is 22.4 Å². The number of hydrogen-bond acceptors (Lipinski definition) is 5. The molecule has 1 N–H and O–H groups in total. The number of cyclic esters (lactones) is 1. The van der Waals surface area contributed by atoms with E-state index < -0.39 is 36.6 Å². The van der Waals surface area contributed by atoms with Crippen molar-refractivity contribution in [3.05, 3.63) is 82.2 Å². The highest BCUT2D eigenvalue weighted by Crippen LogP contribution is 2.23. The van der Waals surface area contributed by atoms with Gasteiger partial charge in [0, 0.05) is 11.0 Å². The zero-order chi connectivity index (χ0) is 21.3. The first-order valence-electron chi connectivity index (χ1n) is 9.85. The van der Waals surface area contributed by atoms with Crippen molar-refractivity contribution >= 4 is 12.0 Å². The second-order valence-electron chi connectivity index (χ2n) is 7.29. The molecule has 1 fully saturated rings. The van der Waals surface area contributed by atoms with Crippen molar-refractivity contribution in [2.45, 2.75) is 31.3 Å². The third kappa shape index (κ3) is 5.37. The van der Waals surface area contributed by atoms with Crippen molar-refractivity contribution < 1.29 is 19.4 Å². The van der Waals surface area contributed by atoms with Gasteiger partial charge in [0.1, 0.15) is 6.61 Å². The molecule has 2 amide bonds. The summed E-state index contributed by atoms with van der Waals surface area (Å²) in [5, 5.41) is 13.7. The summed E-state index contributed by atoms with van der Waals surface area (Å²) in [6.45, 7) is -0.339. The van der Waals surface area contributed by atoms with Crippen LogP contribution in [-0.4, -0.2) is 47.3 Å². The Labute approximate surface area is 174 Å². The summed E-state index contributed by atoms with van der Waals surface area (Å²) in [6, 6.07) is 18.0. The van der Waals surface area contributed by atoms with Crippen LogP contribution >= 0.6 is 0 Å². The molecule has 1 saturated heterocycles. The standard InChI is InChI=1S/C22H24N4O4/c23-25-24-19(11-16-7-3-1-4-8-16)13-18(14-27)21(28)26-20(15-30-22(26)29)12-17-9-5-2-6-10-17/h1-10,18-20,27H,11-15H2/t18-,19-,20-/m0/s1. The summed E-state index contributed by atoms with van der Waals surface area (Å²) in [4.78, 5) is 29.4. The Kier molecular flexibility index (Phi) is 7.43. The van der Waals surface area contributed by atoms with E-state index in [2.05, 4.69) is 10.0 Å². The maximum Gasteiger partial charge on any atom is 0.416 e. The minimum absolute atomic E-state index is 0.113. The Bertz CT molecular complexity index is 900. The van der Waals surface area contributed by atoms with Gasteiger partial charge in [0.25, 0.3) is 0 Å². The smallest absolute Gasteiger partial charge is 0.416 e. The molecule has 0 radical (unpaired) electrons. The van der Waals surface area contributed by atoms with Crippen molar-refractivity contribution in [1.29, 1.82) is 0 Å². The summed E-state index contributed by atoms with van der Waals surface area (Å²) >= 11 is 0. The molecule has 2 aromatic rings. The van der Waals surface area contributed by atoms with Crippen molar-refractivity contribution in [1.82, 2.24) is 4.90 Å². The molecule has 0 bridgehead atoms. The number of carbonyl (C=O) groups is 2. The molecule has 1 heterocycles. The van der Waals surface area contributed by atoms with Crippen LogP contribution in [0.15, 0.2) is 65.8 Å². The van der Waals surface area contributed by atoms with Gasteiger partial charge in [-0.1, -0.05) is 65.8 Å². The number of benzene rings is 2. The highest BCUT2D eigenvalue weighted by molar-refractivity contribution is 5.95. The molecule has 2 aromatic carbocycles.